The summed E-state index contributed by atoms with van der Waals surface area (Å²) in [4.78, 5) is 6.96. The molecule has 1 aromatic carbocycles. The van der Waals surface area contributed by atoms with E-state index in [0.29, 0.717) is 18.3 Å². The topological polar surface area (TPSA) is 72.1 Å². The van der Waals surface area contributed by atoms with Crippen molar-refractivity contribution in [2.75, 3.05) is 40.2 Å². The van der Waals surface area contributed by atoms with Crippen molar-refractivity contribution < 1.29 is 9.47 Å². The number of methoxy groups -OCH3 is 2. The third-order valence-electron chi connectivity index (χ3n) is 5.23. The van der Waals surface area contributed by atoms with Crippen molar-refractivity contribution in [3.8, 4) is 11.5 Å². The number of rotatable bonds is 6. The van der Waals surface area contributed by atoms with Crippen LogP contribution in [0.25, 0.3) is 0 Å². The standard InChI is InChI=1S/C19H32N4O2.HI/c1-14-7-6-10-19(12-14,23(2)3)13-21-18(20)22-16-11-15(24-4)8-9-17(16)25-5;/h8-9,11,14H,6-7,10,12-13H2,1-5H3,(H3,20,21,22);1H. The lowest BCUT2D eigenvalue weighted by atomic mass is 9.75. The number of nitrogens with zero attached hydrogens (tertiary/aromatic N) is 2. The van der Waals surface area contributed by atoms with Crippen LogP contribution in [0.4, 0.5) is 5.69 Å². The molecule has 148 valence electrons. The SMILES string of the molecule is COc1ccc(OC)c(NC(N)=NCC2(N(C)C)CCCC(C)C2)c1.I. The van der Waals surface area contributed by atoms with Crippen molar-refractivity contribution in [3.05, 3.63) is 18.2 Å². The fraction of sp³-hybridized carbons (Fsp3) is 0.632. The van der Waals surface area contributed by atoms with Gasteiger partial charge in [0.1, 0.15) is 11.5 Å². The molecular weight excluding hydrogens is 443 g/mol. The van der Waals surface area contributed by atoms with E-state index in [1.54, 1.807) is 14.2 Å². The number of guanidine groups is 1. The highest BCUT2D eigenvalue weighted by Gasteiger charge is 2.36. The molecule has 0 aromatic heterocycles. The molecule has 3 N–H and O–H groups in total. The van der Waals surface area contributed by atoms with Gasteiger partial charge in [-0.15, -0.1) is 24.0 Å². The van der Waals surface area contributed by atoms with Gasteiger partial charge in [-0.3, -0.25) is 4.99 Å². The molecule has 1 saturated carbocycles. The van der Waals surface area contributed by atoms with E-state index in [0.717, 1.165) is 30.2 Å². The first kappa shape index (κ1) is 22.8. The van der Waals surface area contributed by atoms with E-state index in [4.69, 9.17) is 15.2 Å². The molecule has 1 aliphatic carbocycles. The number of anilines is 1. The number of hydrogen-bond donors (Lipinski definition) is 2. The Hall–Kier alpha value is -1.22. The molecule has 6 nitrogen and oxygen atoms in total. The maximum atomic E-state index is 6.16. The number of hydrogen-bond acceptors (Lipinski definition) is 4. The zero-order valence-electron chi connectivity index (χ0n) is 16.5. The first-order valence-electron chi connectivity index (χ1n) is 8.86. The monoisotopic (exact) mass is 476 g/mol. The molecule has 26 heavy (non-hydrogen) atoms. The summed E-state index contributed by atoms with van der Waals surface area (Å²) in [5.74, 6) is 2.56. The van der Waals surface area contributed by atoms with Gasteiger partial charge in [0.2, 0.25) is 0 Å². The minimum atomic E-state index is 0. The minimum absolute atomic E-state index is 0. The molecule has 7 heteroatoms. The number of aliphatic imine (C=N–C) groups is 1. The third-order valence-corrected chi connectivity index (χ3v) is 5.23. The number of halogens is 1. The summed E-state index contributed by atoms with van der Waals surface area (Å²) < 4.78 is 10.6. The Kier molecular flexibility index (Phi) is 8.95. The van der Waals surface area contributed by atoms with Crippen LogP contribution < -0.4 is 20.5 Å². The van der Waals surface area contributed by atoms with Crippen LogP contribution in [0, 0.1) is 5.92 Å². The summed E-state index contributed by atoms with van der Waals surface area (Å²) >= 11 is 0. The summed E-state index contributed by atoms with van der Waals surface area (Å²) in [7, 11) is 7.55. The molecule has 1 aliphatic rings. The fourth-order valence-electron chi connectivity index (χ4n) is 3.65. The van der Waals surface area contributed by atoms with Gasteiger partial charge in [-0.2, -0.15) is 0 Å². The molecule has 0 spiro atoms. The highest BCUT2D eigenvalue weighted by molar-refractivity contribution is 14.0. The van der Waals surface area contributed by atoms with E-state index < -0.39 is 0 Å². The summed E-state index contributed by atoms with van der Waals surface area (Å²) in [5, 5.41) is 3.15. The van der Waals surface area contributed by atoms with Gasteiger partial charge in [0.25, 0.3) is 0 Å². The Morgan fingerprint density at radius 1 is 1.35 bits per heavy atom. The largest absolute Gasteiger partial charge is 0.497 e. The van der Waals surface area contributed by atoms with Crippen molar-refractivity contribution >= 4 is 35.6 Å². The van der Waals surface area contributed by atoms with Gasteiger partial charge in [0.15, 0.2) is 5.96 Å². The average Bonchev–Trinajstić information content (AvgIpc) is 2.59. The molecular formula is C19H33IN4O2. The fourth-order valence-corrected chi connectivity index (χ4v) is 3.65. The summed E-state index contributed by atoms with van der Waals surface area (Å²) in [5.41, 5.74) is 6.99. The normalized spacial score (nSPS) is 23.3. The highest BCUT2D eigenvalue weighted by Crippen LogP contribution is 2.36. The van der Waals surface area contributed by atoms with Crippen LogP contribution in [0.2, 0.25) is 0 Å². The second-order valence-electron chi connectivity index (χ2n) is 7.21. The molecule has 0 amide bonds. The number of ether oxygens (including phenoxy) is 2. The van der Waals surface area contributed by atoms with Crippen LogP contribution in [0.1, 0.15) is 32.6 Å². The molecule has 2 unspecified atom stereocenters. The van der Waals surface area contributed by atoms with Crippen LogP contribution >= 0.6 is 24.0 Å². The lowest BCUT2D eigenvalue weighted by Crippen LogP contribution is -2.50. The summed E-state index contributed by atoms with van der Waals surface area (Å²) in [6, 6.07) is 5.55. The molecule has 2 rings (SSSR count). The van der Waals surface area contributed by atoms with Gasteiger partial charge < -0.3 is 25.4 Å². The van der Waals surface area contributed by atoms with Gasteiger partial charge in [-0.1, -0.05) is 19.8 Å². The van der Waals surface area contributed by atoms with Crippen LogP contribution in [0.15, 0.2) is 23.2 Å². The van der Waals surface area contributed by atoms with Crippen molar-refractivity contribution in [3.63, 3.8) is 0 Å². The van der Waals surface area contributed by atoms with Gasteiger partial charge in [-0.05, 0) is 45.0 Å². The Bertz CT molecular complexity index is 609. The Labute approximate surface area is 174 Å². The van der Waals surface area contributed by atoms with E-state index >= 15 is 0 Å². The predicted octanol–water partition coefficient (Wildman–Crippen LogP) is 3.56. The van der Waals surface area contributed by atoms with Crippen LogP contribution in [-0.4, -0.2) is 51.3 Å². The van der Waals surface area contributed by atoms with Crippen molar-refractivity contribution in [1.82, 2.24) is 4.90 Å². The molecule has 0 saturated heterocycles. The minimum Gasteiger partial charge on any atom is -0.497 e. The molecule has 0 bridgehead atoms. The maximum Gasteiger partial charge on any atom is 0.193 e. The lowest BCUT2D eigenvalue weighted by Gasteiger charge is -2.44. The summed E-state index contributed by atoms with van der Waals surface area (Å²) in [6.45, 7) is 3.01. The first-order valence-corrected chi connectivity index (χ1v) is 8.86. The van der Waals surface area contributed by atoms with E-state index in [9.17, 15) is 0 Å². The Balaban J connectivity index is 0.00000338. The van der Waals surface area contributed by atoms with E-state index in [1.165, 1.54) is 12.8 Å². The van der Waals surface area contributed by atoms with E-state index in [-0.39, 0.29) is 29.5 Å². The third kappa shape index (κ3) is 5.64. The van der Waals surface area contributed by atoms with Gasteiger partial charge in [0, 0.05) is 11.6 Å². The van der Waals surface area contributed by atoms with Crippen LogP contribution in [0.5, 0.6) is 11.5 Å². The first-order chi connectivity index (χ1) is 11.9. The van der Waals surface area contributed by atoms with Crippen molar-refractivity contribution in [1.29, 1.82) is 0 Å². The molecule has 0 radical (unpaired) electrons. The van der Waals surface area contributed by atoms with Gasteiger partial charge in [-0.25, -0.2) is 0 Å². The molecule has 1 fully saturated rings. The average molecular weight is 476 g/mol. The van der Waals surface area contributed by atoms with Gasteiger partial charge >= 0.3 is 0 Å². The number of likely N-dealkylation sites (N-methyl/N-ethyl adjacent to an activating group) is 1. The highest BCUT2D eigenvalue weighted by atomic mass is 127. The van der Waals surface area contributed by atoms with Crippen molar-refractivity contribution in [2.24, 2.45) is 16.6 Å². The molecule has 0 aliphatic heterocycles. The van der Waals surface area contributed by atoms with Gasteiger partial charge in [0.05, 0.1) is 26.5 Å². The van der Waals surface area contributed by atoms with E-state index in [1.807, 2.05) is 18.2 Å². The second-order valence-corrected chi connectivity index (χ2v) is 7.21. The number of nitrogens with one attached hydrogen (secondary N) is 1. The number of benzene rings is 1. The lowest BCUT2D eigenvalue weighted by molar-refractivity contribution is 0.0846. The second kappa shape index (κ2) is 10.2. The Morgan fingerprint density at radius 3 is 2.65 bits per heavy atom. The van der Waals surface area contributed by atoms with Crippen molar-refractivity contribution in [2.45, 2.75) is 38.1 Å². The maximum absolute atomic E-state index is 6.16. The zero-order chi connectivity index (χ0) is 18.4. The zero-order valence-corrected chi connectivity index (χ0v) is 18.9. The van der Waals surface area contributed by atoms with Crippen LogP contribution in [-0.2, 0) is 0 Å². The quantitative estimate of drug-likeness (QED) is 0.373. The smallest absolute Gasteiger partial charge is 0.193 e. The van der Waals surface area contributed by atoms with Crippen LogP contribution in [0.3, 0.4) is 0 Å². The summed E-state index contributed by atoms with van der Waals surface area (Å²) in [6.07, 6.45) is 4.85. The van der Waals surface area contributed by atoms with E-state index in [2.05, 4.69) is 36.2 Å². The molecule has 1 aromatic rings. The Morgan fingerprint density at radius 2 is 2.08 bits per heavy atom. The number of nitrogens with two attached hydrogens (primary N) is 1. The molecule has 2 atom stereocenters. The molecule has 0 heterocycles. The predicted molar refractivity (Wildman–Crippen MR) is 119 cm³/mol.